The van der Waals surface area contributed by atoms with Crippen molar-refractivity contribution in [1.29, 1.82) is 0 Å². The van der Waals surface area contributed by atoms with Gasteiger partial charge in [-0.05, 0) is 49.6 Å². The number of benzene rings is 1. The summed E-state index contributed by atoms with van der Waals surface area (Å²) in [6.07, 6.45) is 2.28. The third-order valence-corrected chi connectivity index (χ3v) is 6.15. The zero-order valence-electron chi connectivity index (χ0n) is 17.2. The van der Waals surface area contributed by atoms with Gasteiger partial charge in [-0.1, -0.05) is 19.1 Å². The number of nitrogens with zero attached hydrogens (tertiary/aromatic N) is 2. The van der Waals surface area contributed by atoms with Crippen molar-refractivity contribution in [2.75, 3.05) is 18.4 Å². The van der Waals surface area contributed by atoms with Gasteiger partial charge in [0.05, 0.1) is 4.90 Å². The monoisotopic (exact) mass is 427 g/mol. The van der Waals surface area contributed by atoms with Crippen LogP contribution in [0.3, 0.4) is 0 Å². The Morgan fingerprint density at radius 1 is 1.07 bits per heavy atom. The second-order valence-corrected chi connectivity index (χ2v) is 8.70. The summed E-state index contributed by atoms with van der Waals surface area (Å²) in [6.45, 7) is 6.16. The van der Waals surface area contributed by atoms with Crippen molar-refractivity contribution in [3.63, 3.8) is 0 Å². The molecule has 0 aliphatic rings. The number of hydrogen-bond acceptors (Lipinski definition) is 6. The fourth-order valence-electron chi connectivity index (χ4n) is 2.91. The fourth-order valence-corrected chi connectivity index (χ4v) is 4.27. The van der Waals surface area contributed by atoms with E-state index in [2.05, 4.69) is 25.0 Å². The minimum atomic E-state index is -3.57. The molecule has 3 N–H and O–H groups in total. The molecule has 0 atom stereocenters. The van der Waals surface area contributed by atoms with Crippen LogP contribution < -0.4 is 15.6 Å². The van der Waals surface area contributed by atoms with Crippen molar-refractivity contribution in [2.24, 2.45) is 0 Å². The SMILES string of the molecule is CCc1cc(=O)[nH]c(-c2ccc(NCCNS(=O)(=O)c3cc(C)ccc3C)nc2)n1. The van der Waals surface area contributed by atoms with Crippen LogP contribution in [0.4, 0.5) is 5.82 Å². The topological polar surface area (TPSA) is 117 Å². The van der Waals surface area contributed by atoms with Crippen LogP contribution in [0, 0.1) is 13.8 Å². The first-order valence-electron chi connectivity index (χ1n) is 9.66. The molecule has 0 bridgehead atoms. The highest BCUT2D eigenvalue weighted by Crippen LogP contribution is 2.17. The van der Waals surface area contributed by atoms with Crippen LogP contribution in [0.5, 0.6) is 0 Å². The first kappa shape index (κ1) is 21.7. The first-order chi connectivity index (χ1) is 14.3. The summed E-state index contributed by atoms with van der Waals surface area (Å²) in [6, 6.07) is 10.4. The van der Waals surface area contributed by atoms with E-state index in [0.29, 0.717) is 46.3 Å². The van der Waals surface area contributed by atoms with E-state index in [0.717, 1.165) is 5.56 Å². The molecule has 3 rings (SSSR count). The Hall–Kier alpha value is -3.04. The van der Waals surface area contributed by atoms with Crippen molar-refractivity contribution in [1.82, 2.24) is 19.7 Å². The van der Waals surface area contributed by atoms with Gasteiger partial charge in [-0.15, -0.1) is 0 Å². The van der Waals surface area contributed by atoms with Crippen LogP contribution in [0.1, 0.15) is 23.7 Å². The van der Waals surface area contributed by atoms with Gasteiger partial charge in [0, 0.05) is 36.6 Å². The molecule has 1 aromatic carbocycles. The second kappa shape index (κ2) is 9.19. The Bertz CT molecular complexity index is 1190. The lowest BCUT2D eigenvalue weighted by atomic mass is 10.2. The summed E-state index contributed by atoms with van der Waals surface area (Å²) in [5.74, 6) is 1.07. The highest BCUT2D eigenvalue weighted by atomic mass is 32.2. The molecule has 0 saturated heterocycles. The largest absolute Gasteiger partial charge is 0.369 e. The van der Waals surface area contributed by atoms with E-state index in [4.69, 9.17) is 0 Å². The summed E-state index contributed by atoms with van der Waals surface area (Å²) in [4.78, 5) is 23.4. The molecule has 0 unspecified atom stereocenters. The van der Waals surface area contributed by atoms with Crippen molar-refractivity contribution >= 4 is 15.8 Å². The molecule has 30 heavy (non-hydrogen) atoms. The number of H-pyrrole nitrogens is 1. The van der Waals surface area contributed by atoms with Crippen molar-refractivity contribution in [2.45, 2.75) is 32.1 Å². The van der Waals surface area contributed by atoms with Crippen LogP contribution in [-0.2, 0) is 16.4 Å². The number of aromatic nitrogens is 3. The Morgan fingerprint density at radius 2 is 1.87 bits per heavy atom. The summed E-state index contributed by atoms with van der Waals surface area (Å²) in [5.41, 5.74) is 2.81. The number of rotatable bonds is 8. The third-order valence-electron chi connectivity index (χ3n) is 4.55. The highest BCUT2D eigenvalue weighted by Gasteiger charge is 2.16. The lowest BCUT2D eigenvalue weighted by Crippen LogP contribution is -2.29. The molecule has 0 radical (unpaired) electrons. The zero-order chi connectivity index (χ0) is 21.7. The van der Waals surface area contributed by atoms with Crippen LogP contribution in [0.25, 0.3) is 11.4 Å². The van der Waals surface area contributed by atoms with Gasteiger partial charge in [0.25, 0.3) is 5.56 Å². The smallest absolute Gasteiger partial charge is 0.251 e. The molecular formula is C21H25N5O3S. The standard InChI is InChI=1S/C21H25N5O3S/c1-4-17-12-20(27)26-21(25-17)16-7-8-19(23-13-16)22-9-10-24-30(28,29)18-11-14(2)5-6-15(18)3/h5-8,11-13,24H,4,9-10H2,1-3H3,(H,22,23)(H,25,26,27). The van der Waals surface area contributed by atoms with Gasteiger partial charge in [0.2, 0.25) is 10.0 Å². The predicted molar refractivity (Wildman–Crippen MR) is 117 cm³/mol. The van der Waals surface area contributed by atoms with Gasteiger partial charge in [-0.2, -0.15) is 0 Å². The number of hydrogen-bond donors (Lipinski definition) is 3. The molecule has 8 nitrogen and oxygen atoms in total. The Kier molecular flexibility index (Phi) is 6.63. The van der Waals surface area contributed by atoms with Gasteiger partial charge >= 0.3 is 0 Å². The zero-order valence-corrected chi connectivity index (χ0v) is 18.0. The Balaban J connectivity index is 1.59. The molecule has 0 fully saturated rings. The van der Waals surface area contributed by atoms with Gasteiger partial charge in [0.15, 0.2) is 0 Å². The van der Waals surface area contributed by atoms with E-state index < -0.39 is 10.0 Å². The van der Waals surface area contributed by atoms with Crippen LogP contribution in [0.2, 0.25) is 0 Å². The molecule has 158 valence electrons. The highest BCUT2D eigenvalue weighted by molar-refractivity contribution is 7.89. The molecule has 0 spiro atoms. The van der Waals surface area contributed by atoms with E-state index in [9.17, 15) is 13.2 Å². The summed E-state index contributed by atoms with van der Waals surface area (Å²) in [7, 11) is -3.57. The molecule has 0 aliphatic carbocycles. The number of aromatic amines is 1. The number of sulfonamides is 1. The molecule has 2 heterocycles. The maximum absolute atomic E-state index is 12.5. The number of nitrogens with one attached hydrogen (secondary N) is 3. The second-order valence-electron chi connectivity index (χ2n) is 6.96. The minimum absolute atomic E-state index is 0.199. The van der Waals surface area contributed by atoms with Gasteiger partial charge in [-0.3, -0.25) is 4.79 Å². The summed E-state index contributed by atoms with van der Waals surface area (Å²) >= 11 is 0. The number of anilines is 1. The average Bonchev–Trinajstić information content (AvgIpc) is 2.73. The number of pyridine rings is 1. The van der Waals surface area contributed by atoms with E-state index in [1.165, 1.54) is 6.07 Å². The molecular weight excluding hydrogens is 402 g/mol. The van der Waals surface area contributed by atoms with E-state index in [1.807, 2.05) is 19.9 Å². The van der Waals surface area contributed by atoms with Crippen molar-refractivity contribution < 1.29 is 8.42 Å². The van der Waals surface area contributed by atoms with E-state index in [-0.39, 0.29) is 12.1 Å². The maximum atomic E-state index is 12.5. The van der Waals surface area contributed by atoms with Crippen LogP contribution in [-0.4, -0.2) is 36.5 Å². The Labute approximate surface area is 175 Å². The quantitative estimate of drug-likeness (QED) is 0.475. The average molecular weight is 428 g/mol. The molecule has 2 aromatic heterocycles. The predicted octanol–water partition coefficient (Wildman–Crippen LogP) is 2.40. The molecule has 0 saturated carbocycles. The maximum Gasteiger partial charge on any atom is 0.251 e. The third kappa shape index (κ3) is 5.31. The molecule has 0 aliphatic heterocycles. The fraction of sp³-hybridized carbons (Fsp3) is 0.286. The van der Waals surface area contributed by atoms with Gasteiger partial charge in [0.1, 0.15) is 11.6 Å². The van der Waals surface area contributed by atoms with Gasteiger partial charge in [-0.25, -0.2) is 23.1 Å². The van der Waals surface area contributed by atoms with Crippen molar-refractivity contribution in [3.8, 4) is 11.4 Å². The normalized spacial score (nSPS) is 11.4. The van der Waals surface area contributed by atoms with Crippen LogP contribution in [0.15, 0.2) is 52.3 Å². The molecule has 0 amide bonds. The minimum Gasteiger partial charge on any atom is -0.369 e. The lowest BCUT2D eigenvalue weighted by molar-refractivity contribution is 0.582. The summed E-state index contributed by atoms with van der Waals surface area (Å²) < 4.78 is 27.6. The lowest BCUT2D eigenvalue weighted by Gasteiger charge is -2.11. The first-order valence-corrected chi connectivity index (χ1v) is 11.1. The van der Waals surface area contributed by atoms with Crippen LogP contribution >= 0.6 is 0 Å². The molecule has 9 heteroatoms. The van der Waals surface area contributed by atoms with E-state index in [1.54, 1.807) is 37.4 Å². The Morgan fingerprint density at radius 3 is 2.57 bits per heavy atom. The van der Waals surface area contributed by atoms with Crippen molar-refractivity contribution in [3.05, 3.63) is 69.8 Å². The molecule has 3 aromatic rings. The summed E-state index contributed by atoms with van der Waals surface area (Å²) in [5, 5.41) is 3.08. The number of aryl methyl sites for hydroxylation is 3. The van der Waals surface area contributed by atoms with E-state index >= 15 is 0 Å². The van der Waals surface area contributed by atoms with Gasteiger partial charge < -0.3 is 10.3 Å².